The van der Waals surface area contributed by atoms with Crippen LogP contribution in [0.3, 0.4) is 0 Å². The number of fused-ring (bicyclic) bond motifs is 1. The van der Waals surface area contributed by atoms with E-state index in [0.29, 0.717) is 11.7 Å². The Kier molecular flexibility index (Phi) is 3.48. The van der Waals surface area contributed by atoms with Gasteiger partial charge in [-0.25, -0.2) is 4.98 Å². The number of benzene rings is 1. The monoisotopic (exact) mass is 308 g/mol. The molecular formula is C18H20N4O. The molecule has 1 fully saturated rings. The lowest BCUT2D eigenvalue weighted by molar-refractivity contribution is 0.394. The summed E-state index contributed by atoms with van der Waals surface area (Å²) in [5.74, 6) is 2.18. The topological polar surface area (TPSA) is 55.1 Å². The van der Waals surface area contributed by atoms with Gasteiger partial charge >= 0.3 is 0 Å². The van der Waals surface area contributed by atoms with Crippen LogP contribution in [0.5, 0.6) is 0 Å². The predicted octanol–water partition coefficient (Wildman–Crippen LogP) is 3.89. The van der Waals surface area contributed by atoms with E-state index in [0.717, 1.165) is 35.4 Å². The first-order valence-corrected chi connectivity index (χ1v) is 8.18. The maximum absolute atomic E-state index is 5.19. The van der Waals surface area contributed by atoms with Gasteiger partial charge in [-0.05, 0) is 37.8 Å². The van der Waals surface area contributed by atoms with E-state index in [1.165, 1.54) is 24.8 Å². The van der Waals surface area contributed by atoms with E-state index >= 15 is 0 Å². The lowest BCUT2D eigenvalue weighted by Crippen LogP contribution is -2.30. The van der Waals surface area contributed by atoms with Crippen LogP contribution in [-0.4, -0.2) is 28.2 Å². The Bertz CT molecular complexity index is 849. The minimum absolute atomic E-state index is 0.578. The van der Waals surface area contributed by atoms with Crippen molar-refractivity contribution in [1.82, 2.24) is 15.1 Å². The minimum Gasteiger partial charge on any atom is -0.356 e. The molecule has 0 bridgehead atoms. The van der Waals surface area contributed by atoms with Gasteiger partial charge in [0.05, 0.1) is 11.1 Å². The van der Waals surface area contributed by atoms with E-state index in [1.54, 1.807) is 0 Å². The van der Waals surface area contributed by atoms with E-state index in [1.807, 2.05) is 6.92 Å². The number of hydrogen-bond donors (Lipinski definition) is 0. The van der Waals surface area contributed by atoms with Crippen molar-refractivity contribution >= 4 is 16.7 Å². The third-order valence-corrected chi connectivity index (χ3v) is 4.45. The van der Waals surface area contributed by atoms with Crippen LogP contribution in [0.4, 0.5) is 5.82 Å². The molecule has 2 aromatic heterocycles. The molecule has 0 aliphatic carbocycles. The Hall–Kier alpha value is -2.43. The number of piperidine rings is 1. The number of aryl methyl sites for hydroxylation is 2. The van der Waals surface area contributed by atoms with Gasteiger partial charge in [0.1, 0.15) is 5.82 Å². The van der Waals surface area contributed by atoms with Crippen molar-refractivity contribution in [1.29, 1.82) is 0 Å². The van der Waals surface area contributed by atoms with E-state index in [-0.39, 0.29) is 0 Å². The molecule has 118 valence electrons. The highest BCUT2D eigenvalue weighted by molar-refractivity contribution is 5.90. The molecule has 0 amide bonds. The number of aromatic nitrogens is 3. The zero-order chi connectivity index (χ0) is 15.8. The smallest absolute Gasteiger partial charge is 0.223 e. The van der Waals surface area contributed by atoms with Gasteiger partial charge in [0.25, 0.3) is 0 Å². The van der Waals surface area contributed by atoms with E-state index in [4.69, 9.17) is 9.51 Å². The van der Waals surface area contributed by atoms with E-state index in [9.17, 15) is 0 Å². The quantitative estimate of drug-likeness (QED) is 0.719. The Balaban J connectivity index is 1.94. The number of para-hydroxylation sites is 1. The van der Waals surface area contributed by atoms with Crippen LogP contribution in [0.1, 0.15) is 30.7 Å². The molecule has 3 aromatic rings. The summed E-state index contributed by atoms with van der Waals surface area (Å²) in [4.78, 5) is 11.8. The van der Waals surface area contributed by atoms with Crippen molar-refractivity contribution < 1.29 is 4.52 Å². The van der Waals surface area contributed by atoms with Gasteiger partial charge in [0, 0.05) is 25.4 Å². The zero-order valence-electron chi connectivity index (χ0n) is 13.5. The minimum atomic E-state index is 0.578. The first-order chi connectivity index (χ1) is 11.2. The lowest BCUT2D eigenvalue weighted by Gasteiger charge is -2.29. The highest BCUT2D eigenvalue weighted by atomic mass is 16.5. The normalized spacial score (nSPS) is 15.3. The Morgan fingerprint density at radius 1 is 1.04 bits per heavy atom. The van der Waals surface area contributed by atoms with Crippen LogP contribution >= 0.6 is 0 Å². The Morgan fingerprint density at radius 2 is 1.87 bits per heavy atom. The fraction of sp³-hybridized carbons (Fsp3) is 0.389. The maximum atomic E-state index is 5.19. The standard InChI is InChI=1S/C18H20N4O/c1-12-7-6-8-14-11-15(17-19-13(2)23-21-17)18(20-16(12)14)22-9-4-3-5-10-22/h6-8,11H,3-5,9-10H2,1-2H3. The Labute approximate surface area is 135 Å². The van der Waals surface area contributed by atoms with Crippen molar-refractivity contribution in [2.45, 2.75) is 33.1 Å². The average molecular weight is 308 g/mol. The van der Waals surface area contributed by atoms with Crippen molar-refractivity contribution in [2.24, 2.45) is 0 Å². The number of pyridine rings is 1. The molecule has 5 nitrogen and oxygen atoms in total. The highest BCUT2D eigenvalue weighted by Crippen LogP contribution is 2.33. The molecule has 4 rings (SSSR count). The highest BCUT2D eigenvalue weighted by Gasteiger charge is 2.21. The van der Waals surface area contributed by atoms with Gasteiger partial charge in [0.2, 0.25) is 11.7 Å². The molecule has 1 aliphatic heterocycles. The predicted molar refractivity (Wildman–Crippen MR) is 90.6 cm³/mol. The summed E-state index contributed by atoms with van der Waals surface area (Å²) in [6, 6.07) is 8.40. The molecule has 1 aliphatic rings. The second kappa shape index (κ2) is 5.65. The van der Waals surface area contributed by atoms with Gasteiger partial charge in [-0.2, -0.15) is 4.98 Å². The molecule has 0 radical (unpaired) electrons. The molecule has 1 saturated heterocycles. The van der Waals surface area contributed by atoms with Gasteiger partial charge in [-0.15, -0.1) is 0 Å². The molecule has 1 aromatic carbocycles. The van der Waals surface area contributed by atoms with Crippen LogP contribution in [-0.2, 0) is 0 Å². The molecule has 0 unspecified atom stereocenters. The number of nitrogens with zero attached hydrogens (tertiary/aromatic N) is 4. The van der Waals surface area contributed by atoms with Gasteiger partial charge in [-0.3, -0.25) is 0 Å². The van der Waals surface area contributed by atoms with Crippen LogP contribution in [0.15, 0.2) is 28.8 Å². The second-order valence-corrected chi connectivity index (χ2v) is 6.19. The number of hydrogen-bond acceptors (Lipinski definition) is 5. The van der Waals surface area contributed by atoms with E-state index < -0.39 is 0 Å². The van der Waals surface area contributed by atoms with Crippen molar-refractivity contribution in [3.63, 3.8) is 0 Å². The summed E-state index contributed by atoms with van der Waals surface area (Å²) in [6.07, 6.45) is 3.70. The van der Waals surface area contributed by atoms with Crippen LogP contribution in [0.25, 0.3) is 22.3 Å². The first kappa shape index (κ1) is 14.2. The maximum Gasteiger partial charge on any atom is 0.223 e. The number of anilines is 1. The molecule has 0 spiro atoms. The third-order valence-electron chi connectivity index (χ3n) is 4.45. The summed E-state index contributed by atoms with van der Waals surface area (Å²) >= 11 is 0. The summed E-state index contributed by atoms with van der Waals surface area (Å²) < 4.78 is 5.19. The number of rotatable bonds is 2. The molecular weight excluding hydrogens is 288 g/mol. The molecule has 5 heteroatoms. The third kappa shape index (κ3) is 2.56. The van der Waals surface area contributed by atoms with Crippen molar-refractivity contribution in [3.8, 4) is 11.4 Å². The SMILES string of the molecule is Cc1nc(-c2cc3cccc(C)c3nc2N2CCCCC2)no1. The summed E-state index contributed by atoms with van der Waals surface area (Å²) in [6.45, 7) is 5.99. The van der Waals surface area contributed by atoms with Crippen LogP contribution in [0, 0.1) is 13.8 Å². The fourth-order valence-electron chi connectivity index (χ4n) is 3.26. The summed E-state index contributed by atoms with van der Waals surface area (Å²) in [7, 11) is 0. The molecule has 23 heavy (non-hydrogen) atoms. The largest absolute Gasteiger partial charge is 0.356 e. The summed E-state index contributed by atoms with van der Waals surface area (Å²) in [5.41, 5.74) is 3.20. The zero-order valence-corrected chi connectivity index (χ0v) is 13.5. The Morgan fingerprint density at radius 3 is 2.61 bits per heavy atom. The molecule has 0 N–H and O–H groups in total. The first-order valence-electron chi connectivity index (χ1n) is 8.18. The average Bonchev–Trinajstić information content (AvgIpc) is 3.01. The summed E-state index contributed by atoms with van der Waals surface area (Å²) in [5, 5.41) is 5.23. The van der Waals surface area contributed by atoms with E-state index in [2.05, 4.69) is 46.2 Å². The van der Waals surface area contributed by atoms with Gasteiger partial charge in [0.15, 0.2) is 0 Å². The second-order valence-electron chi connectivity index (χ2n) is 6.19. The van der Waals surface area contributed by atoms with Crippen molar-refractivity contribution in [2.75, 3.05) is 18.0 Å². The van der Waals surface area contributed by atoms with Crippen LogP contribution in [0.2, 0.25) is 0 Å². The lowest BCUT2D eigenvalue weighted by atomic mass is 10.1. The molecule has 0 atom stereocenters. The van der Waals surface area contributed by atoms with Gasteiger partial charge < -0.3 is 9.42 Å². The molecule has 3 heterocycles. The molecule has 0 saturated carbocycles. The van der Waals surface area contributed by atoms with Crippen LogP contribution < -0.4 is 4.90 Å². The van der Waals surface area contributed by atoms with Gasteiger partial charge in [-0.1, -0.05) is 23.4 Å². The van der Waals surface area contributed by atoms with Crippen molar-refractivity contribution in [3.05, 3.63) is 35.7 Å². The fourth-order valence-corrected chi connectivity index (χ4v) is 3.26.